The highest BCUT2D eigenvalue weighted by Crippen LogP contribution is 2.36. The first-order valence-electron chi connectivity index (χ1n) is 9.82. The Labute approximate surface area is 175 Å². The molecule has 3 aromatic carbocycles. The van der Waals surface area contributed by atoms with Gasteiger partial charge in [0.25, 0.3) is 0 Å². The average molecular weight is 425 g/mol. The van der Waals surface area contributed by atoms with Gasteiger partial charge in [-0.25, -0.2) is 0 Å². The van der Waals surface area contributed by atoms with Crippen LogP contribution in [0.5, 0.6) is 0 Å². The summed E-state index contributed by atoms with van der Waals surface area (Å²) < 4.78 is 44.4. The maximum Gasteiger partial charge on any atom is 0.416 e. The van der Waals surface area contributed by atoms with Gasteiger partial charge in [0.1, 0.15) is 0 Å². The normalized spacial score (nSPS) is 16.5. The molecule has 1 atom stereocenters. The molecule has 0 saturated carbocycles. The van der Waals surface area contributed by atoms with Crippen molar-refractivity contribution in [3.05, 3.63) is 77.7 Å². The van der Waals surface area contributed by atoms with Crippen molar-refractivity contribution in [1.82, 2.24) is 10.1 Å². The number of β-amino-alcohol motifs (C(OH)–C–C–N with tert-alkyl or cyclic N) is 1. The van der Waals surface area contributed by atoms with Gasteiger partial charge < -0.3 is 14.5 Å². The third kappa shape index (κ3) is 3.74. The maximum absolute atomic E-state index is 13.0. The summed E-state index contributed by atoms with van der Waals surface area (Å²) in [5, 5.41) is 16.4. The van der Waals surface area contributed by atoms with Crippen molar-refractivity contribution < 1.29 is 22.8 Å². The van der Waals surface area contributed by atoms with E-state index in [1.807, 2.05) is 41.3 Å². The number of alkyl halides is 3. The lowest BCUT2D eigenvalue weighted by Crippen LogP contribution is -2.38. The van der Waals surface area contributed by atoms with Crippen LogP contribution in [-0.2, 0) is 19.1 Å². The minimum Gasteiger partial charge on any atom is -0.391 e. The number of fused-ring (bicyclic) bond motifs is 3. The highest BCUT2D eigenvalue weighted by molar-refractivity contribution is 5.96. The Morgan fingerprint density at radius 1 is 1.06 bits per heavy atom. The molecule has 5 rings (SSSR count). The third-order valence-electron chi connectivity index (χ3n) is 5.43. The molecule has 0 amide bonds. The van der Waals surface area contributed by atoms with E-state index in [0.717, 1.165) is 34.2 Å². The van der Waals surface area contributed by atoms with Crippen LogP contribution < -0.4 is 4.90 Å². The summed E-state index contributed by atoms with van der Waals surface area (Å²) in [6.07, 6.45) is -4.44. The van der Waals surface area contributed by atoms with E-state index < -0.39 is 17.8 Å². The topological polar surface area (TPSA) is 62.4 Å². The molecule has 1 aliphatic rings. The van der Waals surface area contributed by atoms with Gasteiger partial charge in [0, 0.05) is 29.6 Å². The number of hydrogen-bond donors (Lipinski definition) is 1. The van der Waals surface area contributed by atoms with Crippen molar-refractivity contribution in [2.75, 3.05) is 11.4 Å². The Balaban J connectivity index is 1.47. The highest BCUT2D eigenvalue weighted by atomic mass is 19.4. The lowest BCUT2D eigenvalue weighted by molar-refractivity contribution is -0.137. The Bertz CT molecular complexity index is 1250. The van der Waals surface area contributed by atoms with Crippen molar-refractivity contribution in [3.63, 3.8) is 0 Å². The van der Waals surface area contributed by atoms with Crippen molar-refractivity contribution in [1.29, 1.82) is 0 Å². The van der Waals surface area contributed by atoms with Crippen LogP contribution in [-0.4, -0.2) is 27.9 Å². The van der Waals surface area contributed by atoms with Crippen molar-refractivity contribution >= 4 is 16.5 Å². The molecule has 2 heterocycles. The Kier molecular flexibility index (Phi) is 4.66. The quantitative estimate of drug-likeness (QED) is 0.509. The van der Waals surface area contributed by atoms with E-state index in [1.165, 1.54) is 12.1 Å². The molecule has 5 nitrogen and oxygen atoms in total. The number of nitrogens with zero attached hydrogens (tertiary/aromatic N) is 3. The van der Waals surface area contributed by atoms with Crippen LogP contribution in [0, 0.1) is 0 Å². The average Bonchev–Trinajstić information content (AvgIpc) is 3.21. The third-order valence-corrected chi connectivity index (χ3v) is 5.43. The standard InChI is InChI=1S/C23H18F3N3O2/c24-23(25,26)17-6-3-5-16(10-17)22-27-20(31-28-22)13-29-12-18(30)11-15-9-8-14-4-1-2-7-19(14)21(15)29/h1-10,18,30H,11-13H2. The second-order valence-corrected chi connectivity index (χ2v) is 7.62. The van der Waals surface area contributed by atoms with Crippen LogP contribution in [0.2, 0.25) is 0 Å². The molecule has 158 valence electrons. The molecule has 1 aromatic heterocycles. The summed E-state index contributed by atoms with van der Waals surface area (Å²) in [5.41, 5.74) is 1.49. The lowest BCUT2D eigenvalue weighted by Gasteiger charge is -2.34. The van der Waals surface area contributed by atoms with Gasteiger partial charge in [-0.05, 0) is 23.1 Å². The SMILES string of the molecule is OC1Cc2ccc3ccccc3c2N(Cc2nc(-c3cccc(C(F)(F)F)c3)no2)C1. The number of hydrogen-bond acceptors (Lipinski definition) is 5. The fourth-order valence-corrected chi connectivity index (χ4v) is 4.08. The molecule has 1 unspecified atom stereocenters. The molecule has 8 heteroatoms. The van der Waals surface area contributed by atoms with Gasteiger partial charge >= 0.3 is 6.18 Å². The first-order chi connectivity index (χ1) is 14.9. The number of aliphatic hydroxyl groups is 1. The molecule has 0 aliphatic carbocycles. The van der Waals surface area contributed by atoms with Crippen LogP contribution in [0.1, 0.15) is 17.0 Å². The number of aliphatic hydroxyl groups excluding tert-OH is 1. The predicted molar refractivity (Wildman–Crippen MR) is 109 cm³/mol. The van der Waals surface area contributed by atoms with E-state index in [1.54, 1.807) is 0 Å². The smallest absolute Gasteiger partial charge is 0.391 e. The number of benzene rings is 3. The maximum atomic E-state index is 13.0. The van der Waals surface area contributed by atoms with Crippen molar-refractivity contribution in [2.24, 2.45) is 0 Å². The summed E-state index contributed by atoms with van der Waals surface area (Å²) in [6.45, 7) is 0.631. The Hall–Kier alpha value is -3.39. The molecular formula is C23H18F3N3O2. The molecule has 1 N–H and O–H groups in total. The largest absolute Gasteiger partial charge is 0.416 e. The van der Waals surface area contributed by atoms with Gasteiger partial charge in [-0.1, -0.05) is 53.7 Å². The van der Waals surface area contributed by atoms with Gasteiger partial charge in [-0.3, -0.25) is 0 Å². The van der Waals surface area contributed by atoms with Crippen LogP contribution >= 0.6 is 0 Å². The predicted octanol–water partition coefficient (Wildman–Crippen LogP) is 4.83. The van der Waals surface area contributed by atoms with Crippen LogP contribution in [0.3, 0.4) is 0 Å². The highest BCUT2D eigenvalue weighted by Gasteiger charge is 2.31. The molecule has 0 spiro atoms. The van der Waals surface area contributed by atoms with Gasteiger partial charge in [-0.15, -0.1) is 0 Å². The molecular weight excluding hydrogens is 407 g/mol. The van der Waals surface area contributed by atoms with Crippen molar-refractivity contribution in [3.8, 4) is 11.4 Å². The first-order valence-corrected chi connectivity index (χ1v) is 9.82. The van der Waals surface area contributed by atoms with Gasteiger partial charge in [0.15, 0.2) is 0 Å². The summed E-state index contributed by atoms with van der Waals surface area (Å²) in [6, 6.07) is 16.9. The van der Waals surface area contributed by atoms with Crippen molar-refractivity contribution in [2.45, 2.75) is 25.2 Å². The second-order valence-electron chi connectivity index (χ2n) is 7.62. The van der Waals surface area contributed by atoms with Gasteiger partial charge in [0.2, 0.25) is 11.7 Å². The molecule has 4 aromatic rings. The monoisotopic (exact) mass is 425 g/mol. The van der Waals surface area contributed by atoms with Crippen LogP contribution in [0.15, 0.2) is 65.2 Å². The minimum absolute atomic E-state index is 0.0943. The Morgan fingerprint density at radius 2 is 1.90 bits per heavy atom. The summed E-state index contributed by atoms with van der Waals surface area (Å²) in [5.74, 6) is 0.359. The fourth-order valence-electron chi connectivity index (χ4n) is 4.08. The van der Waals surface area contributed by atoms with Gasteiger partial charge in [0.05, 0.1) is 18.2 Å². The molecule has 0 radical (unpaired) electrons. The van der Waals surface area contributed by atoms with E-state index in [0.29, 0.717) is 13.0 Å². The van der Waals surface area contributed by atoms with E-state index in [-0.39, 0.29) is 23.8 Å². The second kappa shape index (κ2) is 7.39. The number of anilines is 1. The number of halogens is 3. The molecule has 1 aliphatic heterocycles. The lowest BCUT2D eigenvalue weighted by atomic mass is 9.95. The number of rotatable bonds is 3. The van der Waals surface area contributed by atoms with Crippen LogP contribution in [0.4, 0.5) is 18.9 Å². The fraction of sp³-hybridized carbons (Fsp3) is 0.217. The zero-order chi connectivity index (χ0) is 21.6. The zero-order valence-electron chi connectivity index (χ0n) is 16.3. The van der Waals surface area contributed by atoms with E-state index in [2.05, 4.69) is 10.1 Å². The van der Waals surface area contributed by atoms with E-state index in [4.69, 9.17) is 4.52 Å². The van der Waals surface area contributed by atoms with E-state index in [9.17, 15) is 18.3 Å². The Morgan fingerprint density at radius 3 is 2.74 bits per heavy atom. The van der Waals surface area contributed by atoms with Crippen LogP contribution in [0.25, 0.3) is 22.2 Å². The first kappa shape index (κ1) is 19.6. The summed E-state index contributed by atoms with van der Waals surface area (Å²) >= 11 is 0. The zero-order valence-corrected chi connectivity index (χ0v) is 16.3. The van der Waals surface area contributed by atoms with Gasteiger partial charge in [-0.2, -0.15) is 18.2 Å². The molecule has 0 bridgehead atoms. The van der Waals surface area contributed by atoms with E-state index >= 15 is 0 Å². The summed E-state index contributed by atoms with van der Waals surface area (Å²) in [4.78, 5) is 6.29. The molecule has 0 saturated heterocycles. The number of aromatic nitrogens is 2. The minimum atomic E-state index is -4.45. The molecule has 0 fully saturated rings. The molecule has 31 heavy (non-hydrogen) atoms. The summed E-state index contributed by atoms with van der Waals surface area (Å²) in [7, 11) is 0.